The summed E-state index contributed by atoms with van der Waals surface area (Å²) in [5.41, 5.74) is 7.12. The van der Waals surface area contributed by atoms with Crippen LogP contribution >= 0.6 is 11.8 Å². The molecule has 1 rings (SSSR count). The minimum absolute atomic E-state index is 0.426. The fraction of sp³-hybridized carbons (Fsp3) is 0.385. The van der Waals surface area contributed by atoms with Crippen LogP contribution in [0.15, 0.2) is 18.2 Å². The van der Waals surface area contributed by atoms with Gasteiger partial charge in [0.25, 0.3) is 0 Å². The van der Waals surface area contributed by atoms with Crippen molar-refractivity contribution in [1.82, 2.24) is 0 Å². The average Bonchev–Trinajstić information content (AvgIpc) is 2.45. The zero-order chi connectivity index (χ0) is 14.3. The first-order chi connectivity index (χ1) is 9.12. The first kappa shape index (κ1) is 15.3. The standard InChI is InChI=1S/C13H16N2O3S/c1-17-12-4-3-9(6-14)5-10(12)7-19-8-11(15)13(16)18-2/h3-5,11H,7-8,15H2,1-2H3. The molecule has 1 unspecified atom stereocenters. The predicted molar refractivity (Wildman–Crippen MR) is 73.9 cm³/mol. The molecular weight excluding hydrogens is 264 g/mol. The number of nitriles is 1. The molecule has 0 aliphatic heterocycles. The highest BCUT2D eigenvalue weighted by Gasteiger charge is 2.14. The summed E-state index contributed by atoms with van der Waals surface area (Å²) < 4.78 is 9.78. The van der Waals surface area contributed by atoms with Crippen molar-refractivity contribution in [2.24, 2.45) is 5.73 Å². The van der Waals surface area contributed by atoms with Gasteiger partial charge in [0.2, 0.25) is 0 Å². The van der Waals surface area contributed by atoms with Crippen molar-refractivity contribution in [3.05, 3.63) is 29.3 Å². The van der Waals surface area contributed by atoms with Gasteiger partial charge >= 0.3 is 5.97 Å². The zero-order valence-corrected chi connectivity index (χ0v) is 11.7. The smallest absolute Gasteiger partial charge is 0.323 e. The molecule has 0 aliphatic rings. The highest BCUT2D eigenvalue weighted by molar-refractivity contribution is 7.98. The van der Waals surface area contributed by atoms with Crippen LogP contribution in [-0.4, -0.2) is 32.0 Å². The molecule has 0 aromatic heterocycles. The van der Waals surface area contributed by atoms with Crippen molar-refractivity contribution < 1.29 is 14.3 Å². The molecule has 6 heteroatoms. The monoisotopic (exact) mass is 280 g/mol. The Morgan fingerprint density at radius 1 is 1.53 bits per heavy atom. The van der Waals surface area contributed by atoms with E-state index in [9.17, 15) is 4.79 Å². The lowest BCUT2D eigenvalue weighted by Crippen LogP contribution is -2.33. The first-order valence-electron chi connectivity index (χ1n) is 5.60. The largest absolute Gasteiger partial charge is 0.496 e. The van der Waals surface area contributed by atoms with Gasteiger partial charge in [-0.25, -0.2) is 0 Å². The van der Waals surface area contributed by atoms with Crippen molar-refractivity contribution in [3.63, 3.8) is 0 Å². The fourth-order valence-corrected chi connectivity index (χ4v) is 2.43. The number of thioether (sulfide) groups is 1. The number of nitrogens with zero attached hydrogens (tertiary/aromatic N) is 1. The molecule has 0 saturated heterocycles. The quantitative estimate of drug-likeness (QED) is 0.791. The van der Waals surface area contributed by atoms with Crippen LogP contribution in [0, 0.1) is 11.3 Å². The lowest BCUT2D eigenvalue weighted by Gasteiger charge is -2.11. The third-order valence-corrected chi connectivity index (χ3v) is 3.58. The average molecular weight is 280 g/mol. The Labute approximate surface area is 116 Å². The molecule has 0 amide bonds. The van der Waals surface area contributed by atoms with Crippen LogP contribution in [-0.2, 0) is 15.3 Å². The molecule has 2 N–H and O–H groups in total. The first-order valence-corrected chi connectivity index (χ1v) is 6.76. The SMILES string of the molecule is COC(=O)C(N)CSCc1cc(C#N)ccc1OC. The number of ether oxygens (including phenoxy) is 2. The normalized spacial score (nSPS) is 11.5. The second-order valence-electron chi connectivity index (χ2n) is 3.78. The minimum Gasteiger partial charge on any atom is -0.496 e. The van der Waals surface area contributed by atoms with Gasteiger partial charge in [-0.1, -0.05) is 0 Å². The molecular formula is C13H16N2O3S. The number of rotatable bonds is 6. The maximum Gasteiger partial charge on any atom is 0.323 e. The summed E-state index contributed by atoms with van der Waals surface area (Å²) in [6, 6.07) is 6.68. The Kier molecular flexibility index (Phi) is 6.19. The number of methoxy groups -OCH3 is 2. The van der Waals surface area contributed by atoms with E-state index in [1.807, 2.05) is 0 Å². The van der Waals surface area contributed by atoms with Crippen molar-refractivity contribution in [3.8, 4) is 11.8 Å². The van der Waals surface area contributed by atoms with Crippen LogP contribution in [0.4, 0.5) is 0 Å². The van der Waals surface area contributed by atoms with Crippen molar-refractivity contribution in [2.75, 3.05) is 20.0 Å². The van der Waals surface area contributed by atoms with Crippen molar-refractivity contribution in [1.29, 1.82) is 5.26 Å². The molecule has 0 aliphatic carbocycles. The minimum atomic E-state index is -0.639. The van der Waals surface area contributed by atoms with Crippen LogP contribution in [0.2, 0.25) is 0 Å². The summed E-state index contributed by atoms with van der Waals surface area (Å²) in [5, 5.41) is 8.87. The van der Waals surface area contributed by atoms with E-state index in [-0.39, 0.29) is 0 Å². The van der Waals surface area contributed by atoms with Gasteiger partial charge in [-0.15, -0.1) is 0 Å². The number of carbonyl (C=O) groups excluding carboxylic acids is 1. The number of hydrogen-bond donors (Lipinski definition) is 1. The summed E-state index contributed by atoms with van der Waals surface area (Å²) in [6.45, 7) is 0. The molecule has 1 atom stereocenters. The van der Waals surface area contributed by atoms with Gasteiger partial charge in [-0.05, 0) is 18.2 Å². The number of nitrogens with two attached hydrogens (primary N) is 1. The van der Waals surface area contributed by atoms with E-state index in [4.69, 9.17) is 15.7 Å². The van der Waals surface area contributed by atoms with Crippen LogP contribution in [0.5, 0.6) is 5.75 Å². The lowest BCUT2D eigenvalue weighted by atomic mass is 10.1. The van der Waals surface area contributed by atoms with Crippen LogP contribution in [0.25, 0.3) is 0 Å². The van der Waals surface area contributed by atoms with Gasteiger partial charge in [-0.3, -0.25) is 4.79 Å². The number of hydrogen-bond acceptors (Lipinski definition) is 6. The van der Waals surface area contributed by atoms with E-state index in [0.717, 1.165) is 11.3 Å². The maximum absolute atomic E-state index is 11.1. The van der Waals surface area contributed by atoms with Gasteiger partial charge in [0.05, 0.1) is 25.9 Å². The van der Waals surface area contributed by atoms with E-state index >= 15 is 0 Å². The second-order valence-corrected chi connectivity index (χ2v) is 4.81. The van der Waals surface area contributed by atoms with Crippen LogP contribution in [0.1, 0.15) is 11.1 Å². The van der Waals surface area contributed by atoms with Gasteiger partial charge < -0.3 is 15.2 Å². The lowest BCUT2D eigenvalue weighted by molar-refractivity contribution is -0.141. The third-order valence-electron chi connectivity index (χ3n) is 2.47. The van der Waals surface area contributed by atoms with E-state index < -0.39 is 12.0 Å². The van der Waals surface area contributed by atoms with E-state index in [0.29, 0.717) is 17.1 Å². The van der Waals surface area contributed by atoms with Crippen molar-refractivity contribution >= 4 is 17.7 Å². The second kappa shape index (κ2) is 7.67. The molecule has 1 aromatic carbocycles. The number of esters is 1. The molecule has 5 nitrogen and oxygen atoms in total. The molecule has 102 valence electrons. The highest BCUT2D eigenvalue weighted by atomic mass is 32.2. The maximum atomic E-state index is 11.1. The summed E-state index contributed by atoms with van der Waals surface area (Å²) in [5.74, 6) is 1.36. The summed E-state index contributed by atoms with van der Waals surface area (Å²) in [4.78, 5) is 11.1. The summed E-state index contributed by atoms with van der Waals surface area (Å²) in [7, 11) is 2.89. The third kappa shape index (κ3) is 4.47. The Morgan fingerprint density at radius 2 is 2.26 bits per heavy atom. The molecule has 0 bridgehead atoms. The summed E-state index contributed by atoms with van der Waals surface area (Å²) in [6.07, 6.45) is 0. The topological polar surface area (TPSA) is 85.3 Å². The molecule has 0 radical (unpaired) electrons. The number of carbonyl (C=O) groups is 1. The molecule has 0 heterocycles. The Hall–Kier alpha value is -1.71. The van der Waals surface area contributed by atoms with E-state index in [1.165, 1.54) is 18.9 Å². The van der Waals surface area contributed by atoms with E-state index in [1.54, 1.807) is 25.3 Å². The Bertz CT molecular complexity index is 485. The molecule has 0 spiro atoms. The van der Waals surface area contributed by atoms with Gasteiger partial charge in [0.15, 0.2) is 0 Å². The van der Waals surface area contributed by atoms with E-state index in [2.05, 4.69) is 10.8 Å². The van der Waals surface area contributed by atoms with Crippen molar-refractivity contribution in [2.45, 2.75) is 11.8 Å². The Morgan fingerprint density at radius 3 is 2.84 bits per heavy atom. The van der Waals surface area contributed by atoms with Crippen LogP contribution < -0.4 is 10.5 Å². The van der Waals surface area contributed by atoms with Crippen LogP contribution in [0.3, 0.4) is 0 Å². The molecule has 0 fully saturated rings. The zero-order valence-electron chi connectivity index (χ0n) is 10.9. The fourth-order valence-electron chi connectivity index (χ4n) is 1.48. The van der Waals surface area contributed by atoms with Gasteiger partial charge in [-0.2, -0.15) is 17.0 Å². The van der Waals surface area contributed by atoms with Gasteiger partial charge in [0, 0.05) is 17.1 Å². The molecule has 0 saturated carbocycles. The summed E-state index contributed by atoms with van der Waals surface area (Å²) >= 11 is 1.49. The molecule has 19 heavy (non-hydrogen) atoms. The predicted octanol–water partition coefficient (Wildman–Crippen LogP) is 1.30. The Balaban J connectivity index is 2.62. The molecule has 1 aromatic rings. The highest BCUT2D eigenvalue weighted by Crippen LogP contribution is 2.24. The van der Waals surface area contributed by atoms with Gasteiger partial charge in [0.1, 0.15) is 11.8 Å². The number of benzene rings is 1.